The molecule has 2 aliphatic rings. The maximum Gasteiger partial charge on any atom is 0.207 e. The lowest BCUT2D eigenvalue weighted by Gasteiger charge is -2.30. The van der Waals surface area contributed by atoms with Crippen molar-refractivity contribution in [2.45, 2.75) is 25.0 Å². The van der Waals surface area contributed by atoms with Crippen molar-refractivity contribution in [3.8, 4) is 0 Å². The summed E-state index contributed by atoms with van der Waals surface area (Å²) in [4.78, 5) is 20.4. The highest BCUT2D eigenvalue weighted by Gasteiger charge is 2.39. The quantitative estimate of drug-likeness (QED) is 0.755. The molecule has 0 radical (unpaired) electrons. The van der Waals surface area contributed by atoms with Crippen LogP contribution in [0.4, 0.5) is 11.8 Å². The normalized spacial score (nSPS) is 20.3. The van der Waals surface area contributed by atoms with Crippen LogP contribution in [-0.2, 0) is 7.05 Å². The predicted molar refractivity (Wildman–Crippen MR) is 104 cm³/mol. The Balaban J connectivity index is 1.76. The van der Waals surface area contributed by atoms with E-state index >= 15 is 0 Å². The standard InChI is InChI=1S/C18H21ClN4OS/c1-3-23-17-14(21(2)18(20-17)22-10-4-5-11-22)15(24)16(25-23)12-6-8-13(19)9-7-12/h6-9,16H,3-5,10-11H2,1-2H3. The fourth-order valence-corrected chi connectivity index (χ4v) is 4.79. The predicted octanol–water partition coefficient (Wildman–Crippen LogP) is 4.09. The highest BCUT2D eigenvalue weighted by Crippen LogP contribution is 2.45. The molecule has 2 aliphatic heterocycles. The van der Waals surface area contributed by atoms with E-state index in [9.17, 15) is 4.79 Å². The van der Waals surface area contributed by atoms with Gasteiger partial charge in [0.1, 0.15) is 10.9 Å². The SMILES string of the molecule is CCN1SC(c2ccc(Cl)cc2)C(=O)c2c1nc(N1CCCC1)n2C. The molecule has 0 aliphatic carbocycles. The van der Waals surface area contributed by atoms with Crippen molar-refractivity contribution in [2.24, 2.45) is 7.05 Å². The zero-order valence-corrected chi connectivity index (χ0v) is 16.0. The average molecular weight is 377 g/mol. The Morgan fingerprint density at radius 2 is 1.92 bits per heavy atom. The number of imidazole rings is 1. The van der Waals surface area contributed by atoms with Crippen LogP contribution in [0.3, 0.4) is 0 Å². The molecule has 132 valence electrons. The van der Waals surface area contributed by atoms with Gasteiger partial charge in [0.2, 0.25) is 11.7 Å². The maximum absolute atomic E-state index is 13.3. The first-order chi connectivity index (χ1) is 12.1. The molecule has 0 amide bonds. The summed E-state index contributed by atoms with van der Waals surface area (Å²) in [7, 11) is 1.96. The van der Waals surface area contributed by atoms with E-state index in [1.165, 1.54) is 12.8 Å². The molecule has 3 heterocycles. The van der Waals surface area contributed by atoms with Crippen LogP contribution >= 0.6 is 23.5 Å². The first kappa shape index (κ1) is 16.8. The molecule has 0 bridgehead atoms. The molecule has 5 nitrogen and oxygen atoms in total. The van der Waals surface area contributed by atoms with Crippen LogP contribution in [-0.4, -0.2) is 35.0 Å². The summed E-state index contributed by atoms with van der Waals surface area (Å²) in [5.74, 6) is 1.83. The van der Waals surface area contributed by atoms with Crippen LogP contribution in [0.15, 0.2) is 24.3 Å². The van der Waals surface area contributed by atoms with E-state index in [0.29, 0.717) is 10.7 Å². The van der Waals surface area contributed by atoms with Crippen molar-refractivity contribution in [3.63, 3.8) is 0 Å². The molecule has 1 aromatic heterocycles. The van der Waals surface area contributed by atoms with E-state index in [4.69, 9.17) is 16.6 Å². The van der Waals surface area contributed by atoms with Crippen molar-refractivity contribution in [2.75, 3.05) is 28.8 Å². The largest absolute Gasteiger partial charge is 0.342 e. The highest BCUT2D eigenvalue weighted by atomic mass is 35.5. The van der Waals surface area contributed by atoms with E-state index in [1.54, 1.807) is 11.9 Å². The zero-order chi connectivity index (χ0) is 17.6. The molecule has 7 heteroatoms. The molecule has 0 N–H and O–H groups in total. The number of rotatable bonds is 3. The molecule has 25 heavy (non-hydrogen) atoms. The first-order valence-electron chi connectivity index (χ1n) is 8.65. The van der Waals surface area contributed by atoms with Crippen LogP contribution in [0.1, 0.15) is 41.1 Å². The molecular weight excluding hydrogens is 356 g/mol. The number of carbonyl (C=O) groups excluding carboxylic acids is 1. The van der Waals surface area contributed by atoms with E-state index < -0.39 is 0 Å². The molecule has 2 aromatic rings. The van der Waals surface area contributed by atoms with Crippen molar-refractivity contribution in [1.29, 1.82) is 0 Å². The maximum atomic E-state index is 13.3. The van der Waals surface area contributed by atoms with Gasteiger partial charge in [-0.2, -0.15) is 4.98 Å². The number of Topliss-reactive ketones (excluding diaryl/α,β-unsaturated/α-hetero) is 1. The molecule has 1 fully saturated rings. The lowest BCUT2D eigenvalue weighted by Crippen LogP contribution is -2.29. The number of benzene rings is 1. The minimum Gasteiger partial charge on any atom is -0.342 e. The van der Waals surface area contributed by atoms with E-state index in [-0.39, 0.29) is 11.0 Å². The Morgan fingerprint density at radius 3 is 2.56 bits per heavy atom. The molecule has 1 saturated heterocycles. The Hall–Kier alpha value is -1.66. The topological polar surface area (TPSA) is 41.4 Å². The second-order valence-corrected chi connectivity index (χ2v) is 7.99. The van der Waals surface area contributed by atoms with Gasteiger partial charge in [0.05, 0.1) is 0 Å². The Labute approximate surface area is 157 Å². The number of anilines is 2. The number of aromatic nitrogens is 2. The van der Waals surface area contributed by atoms with Gasteiger partial charge in [-0.15, -0.1) is 0 Å². The summed E-state index contributed by atoms with van der Waals surface area (Å²) < 4.78 is 4.11. The van der Waals surface area contributed by atoms with Gasteiger partial charge in [-0.25, -0.2) is 0 Å². The second-order valence-electron chi connectivity index (χ2n) is 6.43. The van der Waals surface area contributed by atoms with Crippen LogP contribution in [0.25, 0.3) is 0 Å². The number of fused-ring (bicyclic) bond motifs is 1. The average Bonchev–Trinajstić information content (AvgIpc) is 3.25. The van der Waals surface area contributed by atoms with Gasteiger partial charge in [-0.1, -0.05) is 23.7 Å². The monoisotopic (exact) mass is 376 g/mol. The van der Waals surface area contributed by atoms with Crippen molar-refractivity contribution >= 4 is 41.1 Å². The van der Waals surface area contributed by atoms with Crippen molar-refractivity contribution in [3.05, 3.63) is 40.5 Å². The van der Waals surface area contributed by atoms with E-state index in [2.05, 4.69) is 16.1 Å². The van der Waals surface area contributed by atoms with E-state index in [0.717, 1.165) is 37.0 Å². The van der Waals surface area contributed by atoms with Gasteiger partial charge in [-0.3, -0.25) is 9.10 Å². The number of hydrogen-bond donors (Lipinski definition) is 0. The lowest BCUT2D eigenvalue weighted by molar-refractivity contribution is 0.0981. The molecule has 1 aromatic carbocycles. The van der Waals surface area contributed by atoms with Crippen molar-refractivity contribution in [1.82, 2.24) is 9.55 Å². The number of carbonyl (C=O) groups is 1. The van der Waals surface area contributed by atoms with Gasteiger partial charge < -0.3 is 9.47 Å². The number of nitrogens with zero attached hydrogens (tertiary/aromatic N) is 4. The minimum atomic E-state index is -0.258. The molecule has 4 rings (SSSR count). The van der Waals surface area contributed by atoms with Gasteiger partial charge in [0, 0.05) is 31.7 Å². The summed E-state index contributed by atoms with van der Waals surface area (Å²) in [5, 5.41) is 0.424. The third-order valence-corrected chi connectivity index (χ3v) is 6.48. The minimum absolute atomic E-state index is 0.118. The van der Waals surface area contributed by atoms with Crippen molar-refractivity contribution < 1.29 is 4.79 Å². The summed E-state index contributed by atoms with van der Waals surface area (Å²) in [6.07, 6.45) is 2.37. The Kier molecular flexibility index (Phi) is 4.41. The lowest BCUT2D eigenvalue weighted by atomic mass is 10.1. The summed E-state index contributed by atoms with van der Waals surface area (Å²) in [6, 6.07) is 7.56. The van der Waals surface area contributed by atoms with Gasteiger partial charge in [0.15, 0.2) is 5.82 Å². The number of halogens is 1. The van der Waals surface area contributed by atoms with Crippen LogP contribution < -0.4 is 9.21 Å². The Morgan fingerprint density at radius 1 is 1.24 bits per heavy atom. The number of hydrogen-bond acceptors (Lipinski definition) is 5. The summed E-state index contributed by atoms with van der Waals surface area (Å²) >= 11 is 7.56. The molecular formula is C18H21ClN4OS. The smallest absolute Gasteiger partial charge is 0.207 e. The third kappa shape index (κ3) is 2.81. The van der Waals surface area contributed by atoms with Gasteiger partial charge in [0.25, 0.3) is 0 Å². The van der Waals surface area contributed by atoms with Crippen LogP contribution in [0, 0.1) is 0 Å². The molecule has 1 atom stereocenters. The van der Waals surface area contributed by atoms with Crippen LogP contribution in [0.5, 0.6) is 0 Å². The fraction of sp³-hybridized carbons (Fsp3) is 0.444. The molecule has 0 spiro atoms. The Bertz CT molecular complexity index is 798. The van der Waals surface area contributed by atoms with Gasteiger partial charge >= 0.3 is 0 Å². The highest BCUT2D eigenvalue weighted by molar-refractivity contribution is 8.01. The van der Waals surface area contributed by atoms with Crippen LogP contribution in [0.2, 0.25) is 5.02 Å². The summed E-state index contributed by atoms with van der Waals surface area (Å²) in [6.45, 7) is 4.91. The first-order valence-corrected chi connectivity index (χ1v) is 9.87. The third-order valence-electron chi connectivity index (χ3n) is 4.84. The number of ketones is 1. The molecule has 1 unspecified atom stereocenters. The second kappa shape index (κ2) is 6.57. The molecule has 0 saturated carbocycles. The zero-order valence-electron chi connectivity index (χ0n) is 14.4. The van der Waals surface area contributed by atoms with E-state index in [1.807, 2.05) is 35.9 Å². The van der Waals surface area contributed by atoms with Gasteiger partial charge in [-0.05, 0) is 49.4 Å². The summed E-state index contributed by atoms with van der Waals surface area (Å²) in [5.41, 5.74) is 1.69. The fourth-order valence-electron chi connectivity index (χ4n) is 3.55.